The van der Waals surface area contributed by atoms with E-state index in [1.165, 1.54) is 0 Å². The van der Waals surface area contributed by atoms with Crippen LogP contribution in [0.5, 0.6) is 5.75 Å². The predicted octanol–water partition coefficient (Wildman–Crippen LogP) is 2.31. The molecule has 1 N–H and O–H groups in total. The molecule has 4 nitrogen and oxygen atoms in total. The first-order chi connectivity index (χ1) is 9.30. The number of benzene rings is 1. The molecule has 1 aliphatic heterocycles. The first kappa shape index (κ1) is 13.7. The van der Waals surface area contributed by atoms with E-state index in [1.54, 1.807) is 7.11 Å². The third-order valence-electron chi connectivity index (χ3n) is 3.71. The molecule has 1 heterocycles. The van der Waals surface area contributed by atoms with Crippen LogP contribution in [0, 0.1) is 11.3 Å². The Kier molecular flexibility index (Phi) is 4.64. The van der Waals surface area contributed by atoms with E-state index in [0.29, 0.717) is 11.6 Å². The SMILES string of the molecule is COc1ccc(C#N)c(N2CCCC2CCCO)c1. The minimum absolute atomic E-state index is 0.230. The molecule has 0 spiro atoms. The normalized spacial score (nSPS) is 18.4. The summed E-state index contributed by atoms with van der Waals surface area (Å²) in [5.74, 6) is 0.779. The Balaban J connectivity index is 2.26. The average molecular weight is 260 g/mol. The molecule has 1 aromatic rings. The molecule has 102 valence electrons. The molecule has 1 aromatic carbocycles. The van der Waals surface area contributed by atoms with Gasteiger partial charge >= 0.3 is 0 Å². The van der Waals surface area contributed by atoms with E-state index in [2.05, 4.69) is 11.0 Å². The van der Waals surface area contributed by atoms with Crippen molar-refractivity contribution < 1.29 is 9.84 Å². The Morgan fingerprint density at radius 1 is 1.53 bits per heavy atom. The van der Waals surface area contributed by atoms with E-state index in [-0.39, 0.29) is 6.61 Å². The van der Waals surface area contributed by atoms with Gasteiger partial charge in [0.15, 0.2) is 0 Å². The second kappa shape index (κ2) is 6.44. The van der Waals surface area contributed by atoms with Crippen LogP contribution in [0.4, 0.5) is 5.69 Å². The summed E-state index contributed by atoms with van der Waals surface area (Å²) in [5, 5.41) is 18.2. The maximum absolute atomic E-state index is 9.25. The molecule has 1 unspecified atom stereocenters. The Hall–Kier alpha value is -1.73. The Bertz CT molecular complexity index is 468. The highest BCUT2D eigenvalue weighted by Gasteiger charge is 2.26. The number of aliphatic hydroxyl groups is 1. The molecular weight excluding hydrogens is 240 g/mol. The van der Waals surface area contributed by atoms with Gasteiger partial charge in [-0.25, -0.2) is 0 Å². The first-order valence-electron chi connectivity index (χ1n) is 6.75. The largest absolute Gasteiger partial charge is 0.497 e. The summed E-state index contributed by atoms with van der Waals surface area (Å²) < 4.78 is 5.25. The number of ether oxygens (including phenoxy) is 1. The summed E-state index contributed by atoms with van der Waals surface area (Å²) in [6, 6.07) is 8.25. The van der Waals surface area contributed by atoms with Crippen molar-refractivity contribution in [3.05, 3.63) is 23.8 Å². The first-order valence-corrected chi connectivity index (χ1v) is 6.75. The van der Waals surface area contributed by atoms with Gasteiger partial charge in [-0.15, -0.1) is 0 Å². The van der Waals surface area contributed by atoms with Gasteiger partial charge in [-0.2, -0.15) is 5.26 Å². The number of hydrogen-bond donors (Lipinski definition) is 1. The molecule has 4 heteroatoms. The molecule has 0 saturated carbocycles. The van der Waals surface area contributed by atoms with Gasteiger partial charge in [0.2, 0.25) is 0 Å². The van der Waals surface area contributed by atoms with E-state index >= 15 is 0 Å². The van der Waals surface area contributed by atoms with Crippen LogP contribution in [0.25, 0.3) is 0 Å². The van der Waals surface area contributed by atoms with Gasteiger partial charge in [0.05, 0.1) is 18.4 Å². The molecule has 1 atom stereocenters. The number of hydrogen-bond acceptors (Lipinski definition) is 4. The Morgan fingerprint density at radius 3 is 3.05 bits per heavy atom. The van der Waals surface area contributed by atoms with Crippen molar-refractivity contribution in [3.63, 3.8) is 0 Å². The van der Waals surface area contributed by atoms with E-state index < -0.39 is 0 Å². The van der Waals surface area contributed by atoms with Crippen molar-refractivity contribution in [2.24, 2.45) is 0 Å². The summed E-state index contributed by atoms with van der Waals surface area (Å²) in [6.07, 6.45) is 4.05. The highest BCUT2D eigenvalue weighted by molar-refractivity contribution is 5.63. The maximum Gasteiger partial charge on any atom is 0.121 e. The molecule has 19 heavy (non-hydrogen) atoms. The predicted molar refractivity (Wildman–Crippen MR) is 74.4 cm³/mol. The lowest BCUT2D eigenvalue weighted by atomic mass is 10.1. The Labute approximate surface area is 114 Å². The van der Waals surface area contributed by atoms with Gasteiger partial charge in [0.25, 0.3) is 0 Å². The zero-order chi connectivity index (χ0) is 13.7. The maximum atomic E-state index is 9.25. The smallest absolute Gasteiger partial charge is 0.121 e. The molecule has 0 aromatic heterocycles. The number of rotatable bonds is 5. The van der Waals surface area contributed by atoms with E-state index in [1.807, 2.05) is 18.2 Å². The molecule has 0 amide bonds. The number of nitrogens with zero attached hydrogens (tertiary/aromatic N) is 2. The van der Waals surface area contributed by atoms with Crippen LogP contribution >= 0.6 is 0 Å². The van der Waals surface area contributed by atoms with Crippen LogP contribution in [-0.4, -0.2) is 31.4 Å². The van der Waals surface area contributed by atoms with Crippen LogP contribution < -0.4 is 9.64 Å². The zero-order valence-electron chi connectivity index (χ0n) is 11.3. The average Bonchev–Trinajstić information content (AvgIpc) is 2.92. The minimum Gasteiger partial charge on any atom is -0.497 e. The molecule has 0 radical (unpaired) electrons. The second-order valence-electron chi connectivity index (χ2n) is 4.85. The molecule has 1 saturated heterocycles. The summed E-state index contributed by atoms with van der Waals surface area (Å²) in [6.45, 7) is 1.20. The minimum atomic E-state index is 0.230. The summed E-state index contributed by atoms with van der Waals surface area (Å²) in [4.78, 5) is 2.29. The van der Waals surface area contributed by atoms with Crippen molar-refractivity contribution in [2.75, 3.05) is 25.2 Å². The molecule has 0 bridgehead atoms. The lowest BCUT2D eigenvalue weighted by Crippen LogP contribution is -2.30. The van der Waals surface area contributed by atoms with Crippen molar-refractivity contribution in [1.82, 2.24) is 0 Å². The standard InChI is InChI=1S/C15H20N2O2/c1-19-14-7-6-12(11-16)15(10-14)17-8-2-4-13(17)5-3-9-18/h6-7,10,13,18H,2-5,8-9H2,1H3. The summed E-state index contributed by atoms with van der Waals surface area (Å²) >= 11 is 0. The van der Waals surface area contributed by atoms with E-state index in [9.17, 15) is 5.26 Å². The van der Waals surface area contributed by atoms with E-state index in [4.69, 9.17) is 9.84 Å². The lowest BCUT2D eigenvalue weighted by molar-refractivity contribution is 0.279. The number of anilines is 1. The third kappa shape index (κ3) is 2.99. The van der Waals surface area contributed by atoms with Crippen LogP contribution in [-0.2, 0) is 0 Å². The fourth-order valence-corrected chi connectivity index (χ4v) is 2.75. The quantitative estimate of drug-likeness (QED) is 0.882. The monoisotopic (exact) mass is 260 g/mol. The molecule has 2 rings (SSSR count). The Morgan fingerprint density at radius 2 is 2.37 bits per heavy atom. The van der Waals surface area contributed by atoms with Crippen molar-refractivity contribution in [1.29, 1.82) is 5.26 Å². The number of aliphatic hydroxyl groups excluding tert-OH is 1. The topological polar surface area (TPSA) is 56.5 Å². The number of nitriles is 1. The van der Waals surface area contributed by atoms with Gasteiger partial charge in [0, 0.05) is 25.3 Å². The number of methoxy groups -OCH3 is 1. The van der Waals surface area contributed by atoms with Gasteiger partial charge in [-0.3, -0.25) is 0 Å². The van der Waals surface area contributed by atoms with Gasteiger partial charge < -0.3 is 14.7 Å². The summed E-state index contributed by atoms with van der Waals surface area (Å²) in [5.41, 5.74) is 1.65. The van der Waals surface area contributed by atoms with Crippen molar-refractivity contribution in [3.8, 4) is 11.8 Å². The fraction of sp³-hybridized carbons (Fsp3) is 0.533. The molecule has 1 fully saturated rings. The van der Waals surface area contributed by atoms with E-state index in [0.717, 1.165) is 43.7 Å². The lowest BCUT2D eigenvalue weighted by Gasteiger charge is -2.28. The van der Waals surface area contributed by atoms with Gasteiger partial charge in [-0.1, -0.05) is 0 Å². The molecule has 0 aliphatic carbocycles. The van der Waals surface area contributed by atoms with Crippen molar-refractivity contribution >= 4 is 5.69 Å². The van der Waals surface area contributed by atoms with Crippen LogP contribution in [0.1, 0.15) is 31.2 Å². The second-order valence-corrected chi connectivity index (χ2v) is 4.85. The van der Waals surface area contributed by atoms with Crippen LogP contribution in [0.15, 0.2) is 18.2 Å². The molecular formula is C15H20N2O2. The fourth-order valence-electron chi connectivity index (χ4n) is 2.75. The third-order valence-corrected chi connectivity index (χ3v) is 3.71. The zero-order valence-corrected chi connectivity index (χ0v) is 11.3. The van der Waals surface area contributed by atoms with Gasteiger partial charge in [0.1, 0.15) is 11.8 Å². The van der Waals surface area contributed by atoms with Crippen molar-refractivity contribution in [2.45, 2.75) is 31.7 Å². The van der Waals surface area contributed by atoms with Crippen LogP contribution in [0.3, 0.4) is 0 Å². The summed E-state index contributed by atoms with van der Waals surface area (Å²) in [7, 11) is 1.64. The van der Waals surface area contributed by atoms with Gasteiger partial charge in [-0.05, 0) is 37.8 Å². The van der Waals surface area contributed by atoms with Crippen LogP contribution in [0.2, 0.25) is 0 Å². The highest BCUT2D eigenvalue weighted by Crippen LogP contribution is 2.33. The molecule has 1 aliphatic rings. The highest BCUT2D eigenvalue weighted by atomic mass is 16.5.